The summed E-state index contributed by atoms with van der Waals surface area (Å²) in [6, 6.07) is 10.1. The van der Waals surface area contributed by atoms with Crippen LogP contribution < -0.4 is 5.32 Å². The first-order chi connectivity index (χ1) is 13.2. The highest BCUT2D eigenvalue weighted by atomic mass is 16.5. The number of nitrogens with one attached hydrogen (secondary N) is 1. The maximum absolute atomic E-state index is 12.5. The molecule has 0 unspecified atom stereocenters. The van der Waals surface area contributed by atoms with Gasteiger partial charge in [0.2, 0.25) is 11.8 Å². The molecule has 2 saturated heterocycles. The molecule has 2 fully saturated rings. The van der Waals surface area contributed by atoms with Crippen molar-refractivity contribution in [3.8, 4) is 0 Å². The standard InChI is InChI=1S/C20H26N4O3/c1-26-12-7-17-21-18(27-23-17)14-24-10-8-20(9-11-24)13-16(19(25)22-20)15-5-3-2-4-6-15/h2-6,16H,7-14H2,1H3,(H,22,25)/t16-/m0/s1. The first-order valence-electron chi connectivity index (χ1n) is 9.57. The Balaban J connectivity index is 1.32. The fourth-order valence-corrected chi connectivity index (χ4v) is 4.15. The van der Waals surface area contributed by atoms with Gasteiger partial charge in [0.05, 0.1) is 19.1 Å². The summed E-state index contributed by atoms with van der Waals surface area (Å²) in [6.07, 6.45) is 3.45. The van der Waals surface area contributed by atoms with Crippen molar-refractivity contribution in [2.45, 2.75) is 43.7 Å². The second-order valence-corrected chi connectivity index (χ2v) is 7.56. The Labute approximate surface area is 159 Å². The lowest BCUT2D eigenvalue weighted by Gasteiger charge is -2.38. The SMILES string of the molecule is COCCc1noc(CN2CCC3(CC2)C[C@@H](c2ccccc2)C(=O)N3)n1. The van der Waals surface area contributed by atoms with Crippen LogP contribution in [0.1, 0.15) is 42.5 Å². The third-order valence-corrected chi connectivity index (χ3v) is 5.71. The minimum absolute atomic E-state index is 0.0305. The van der Waals surface area contributed by atoms with Gasteiger partial charge in [-0.1, -0.05) is 35.5 Å². The van der Waals surface area contributed by atoms with Gasteiger partial charge in [-0.25, -0.2) is 0 Å². The van der Waals surface area contributed by atoms with Crippen LogP contribution in [-0.2, 0) is 22.5 Å². The van der Waals surface area contributed by atoms with Gasteiger partial charge in [0.25, 0.3) is 0 Å². The van der Waals surface area contributed by atoms with Crippen molar-refractivity contribution in [2.75, 3.05) is 26.8 Å². The second kappa shape index (κ2) is 7.78. The number of benzene rings is 1. The average molecular weight is 370 g/mol. The van der Waals surface area contributed by atoms with Crippen molar-refractivity contribution >= 4 is 5.91 Å². The molecule has 1 aromatic carbocycles. The van der Waals surface area contributed by atoms with Crippen molar-refractivity contribution in [2.24, 2.45) is 0 Å². The summed E-state index contributed by atoms with van der Waals surface area (Å²) < 4.78 is 10.4. The molecular weight excluding hydrogens is 344 g/mol. The first kappa shape index (κ1) is 18.1. The Kier molecular flexibility index (Phi) is 5.22. The largest absolute Gasteiger partial charge is 0.384 e. The molecule has 0 radical (unpaired) electrons. The van der Waals surface area contributed by atoms with Crippen LogP contribution in [0.5, 0.6) is 0 Å². The molecule has 1 atom stereocenters. The van der Waals surface area contributed by atoms with E-state index in [0.717, 1.165) is 37.9 Å². The molecule has 0 saturated carbocycles. The van der Waals surface area contributed by atoms with Crippen molar-refractivity contribution in [1.29, 1.82) is 0 Å². The summed E-state index contributed by atoms with van der Waals surface area (Å²) in [6.45, 7) is 3.08. The normalized spacial score (nSPS) is 22.3. The average Bonchev–Trinajstić information content (AvgIpc) is 3.27. The van der Waals surface area contributed by atoms with Crippen LogP contribution in [-0.4, -0.2) is 53.3 Å². The molecule has 27 heavy (non-hydrogen) atoms. The van der Waals surface area contributed by atoms with Gasteiger partial charge in [-0.05, 0) is 24.8 Å². The molecule has 2 aromatic rings. The number of hydrogen-bond donors (Lipinski definition) is 1. The van der Waals surface area contributed by atoms with Gasteiger partial charge in [0, 0.05) is 32.2 Å². The van der Waals surface area contributed by atoms with Gasteiger partial charge in [-0.15, -0.1) is 0 Å². The minimum atomic E-state index is -0.0768. The molecule has 2 aliphatic heterocycles. The maximum atomic E-state index is 12.5. The zero-order valence-corrected chi connectivity index (χ0v) is 15.7. The van der Waals surface area contributed by atoms with Crippen molar-refractivity contribution in [3.63, 3.8) is 0 Å². The van der Waals surface area contributed by atoms with Gasteiger partial charge in [0.15, 0.2) is 5.82 Å². The van der Waals surface area contributed by atoms with E-state index in [1.807, 2.05) is 18.2 Å². The van der Waals surface area contributed by atoms with E-state index in [2.05, 4.69) is 32.5 Å². The Morgan fingerprint density at radius 2 is 2.07 bits per heavy atom. The lowest BCUT2D eigenvalue weighted by Crippen LogP contribution is -2.50. The summed E-state index contributed by atoms with van der Waals surface area (Å²) in [7, 11) is 1.66. The fourth-order valence-electron chi connectivity index (χ4n) is 4.15. The molecule has 3 heterocycles. The smallest absolute Gasteiger partial charge is 0.240 e. The van der Waals surface area contributed by atoms with E-state index in [-0.39, 0.29) is 17.4 Å². The van der Waals surface area contributed by atoms with E-state index in [9.17, 15) is 4.79 Å². The number of aromatic nitrogens is 2. The number of carbonyl (C=O) groups excluding carboxylic acids is 1. The monoisotopic (exact) mass is 370 g/mol. The van der Waals surface area contributed by atoms with Crippen LogP contribution in [0.25, 0.3) is 0 Å². The molecule has 2 aliphatic rings. The number of amides is 1. The van der Waals surface area contributed by atoms with Crippen molar-refractivity contribution in [1.82, 2.24) is 20.4 Å². The Bertz CT molecular complexity index is 769. The molecule has 1 N–H and O–H groups in total. The number of methoxy groups -OCH3 is 1. The number of rotatable bonds is 6. The van der Waals surface area contributed by atoms with E-state index in [1.54, 1.807) is 7.11 Å². The molecule has 4 rings (SSSR count). The number of piperidine rings is 1. The van der Waals surface area contributed by atoms with Crippen molar-refractivity contribution in [3.05, 3.63) is 47.6 Å². The van der Waals surface area contributed by atoms with Crippen LogP contribution in [0.4, 0.5) is 0 Å². The van der Waals surface area contributed by atoms with Crippen LogP contribution in [0.3, 0.4) is 0 Å². The number of nitrogens with zero attached hydrogens (tertiary/aromatic N) is 3. The fraction of sp³-hybridized carbons (Fsp3) is 0.550. The van der Waals surface area contributed by atoms with Crippen molar-refractivity contribution < 1.29 is 14.1 Å². The Morgan fingerprint density at radius 1 is 1.30 bits per heavy atom. The van der Waals surface area contributed by atoms with E-state index >= 15 is 0 Å². The Morgan fingerprint density at radius 3 is 2.81 bits per heavy atom. The summed E-state index contributed by atoms with van der Waals surface area (Å²) in [5.41, 5.74) is 1.04. The van der Waals surface area contributed by atoms with Crippen LogP contribution >= 0.6 is 0 Å². The molecule has 1 aromatic heterocycles. The van der Waals surface area contributed by atoms with E-state index < -0.39 is 0 Å². The highest BCUT2D eigenvalue weighted by Gasteiger charge is 2.46. The number of ether oxygens (including phenoxy) is 1. The summed E-state index contributed by atoms with van der Waals surface area (Å²) in [5.74, 6) is 1.47. The van der Waals surface area contributed by atoms with Gasteiger partial charge in [0.1, 0.15) is 0 Å². The van der Waals surface area contributed by atoms with E-state index in [0.29, 0.717) is 31.3 Å². The maximum Gasteiger partial charge on any atom is 0.240 e. The van der Waals surface area contributed by atoms with Gasteiger partial charge in [-0.3, -0.25) is 9.69 Å². The number of likely N-dealkylation sites (tertiary alicyclic amines) is 1. The molecular formula is C20H26N4O3. The third-order valence-electron chi connectivity index (χ3n) is 5.71. The van der Waals surface area contributed by atoms with Gasteiger partial charge < -0.3 is 14.6 Å². The molecule has 7 nitrogen and oxygen atoms in total. The molecule has 7 heteroatoms. The molecule has 0 aliphatic carbocycles. The van der Waals surface area contributed by atoms with E-state index in [1.165, 1.54) is 0 Å². The van der Waals surface area contributed by atoms with Gasteiger partial charge in [-0.2, -0.15) is 4.98 Å². The highest BCUT2D eigenvalue weighted by molar-refractivity contribution is 5.87. The molecule has 1 amide bonds. The predicted molar refractivity (Wildman–Crippen MR) is 99.1 cm³/mol. The molecule has 144 valence electrons. The summed E-state index contributed by atoms with van der Waals surface area (Å²) in [5, 5.41) is 7.29. The predicted octanol–water partition coefficient (Wildman–Crippen LogP) is 1.90. The number of carbonyl (C=O) groups is 1. The highest BCUT2D eigenvalue weighted by Crippen LogP contribution is 2.39. The minimum Gasteiger partial charge on any atom is -0.384 e. The first-order valence-corrected chi connectivity index (χ1v) is 9.57. The number of hydrogen-bond acceptors (Lipinski definition) is 6. The lowest BCUT2D eigenvalue weighted by atomic mass is 9.82. The molecule has 1 spiro atoms. The topological polar surface area (TPSA) is 80.5 Å². The molecule has 0 bridgehead atoms. The van der Waals surface area contributed by atoms with E-state index in [4.69, 9.17) is 9.26 Å². The Hall–Kier alpha value is -2.25. The van der Waals surface area contributed by atoms with Crippen LogP contribution in [0.2, 0.25) is 0 Å². The van der Waals surface area contributed by atoms with Crippen LogP contribution in [0.15, 0.2) is 34.9 Å². The summed E-state index contributed by atoms with van der Waals surface area (Å²) >= 11 is 0. The van der Waals surface area contributed by atoms with Crippen LogP contribution in [0, 0.1) is 0 Å². The zero-order valence-electron chi connectivity index (χ0n) is 15.7. The summed E-state index contributed by atoms with van der Waals surface area (Å²) in [4.78, 5) is 19.3. The quantitative estimate of drug-likeness (QED) is 0.836. The zero-order chi connectivity index (χ0) is 18.7. The second-order valence-electron chi connectivity index (χ2n) is 7.56. The van der Waals surface area contributed by atoms with Gasteiger partial charge >= 0.3 is 0 Å². The lowest BCUT2D eigenvalue weighted by molar-refractivity contribution is -0.121. The third kappa shape index (κ3) is 4.04.